The predicted octanol–water partition coefficient (Wildman–Crippen LogP) is 4.26. The van der Waals surface area contributed by atoms with Crippen molar-refractivity contribution >= 4 is 22.6 Å². The number of carbonyl (C=O) groups excluding carboxylic acids is 1. The molecule has 0 aliphatic heterocycles. The Kier molecular flexibility index (Phi) is 4.71. The second-order valence-corrected chi connectivity index (χ2v) is 5.72. The summed E-state index contributed by atoms with van der Waals surface area (Å²) in [5, 5.41) is 2.95. The van der Waals surface area contributed by atoms with Crippen LogP contribution in [0.4, 0.5) is 14.5 Å². The first-order chi connectivity index (χ1) is 12.3. The van der Waals surface area contributed by atoms with Crippen molar-refractivity contribution in [3.8, 4) is 5.75 Å². The Morgan fingerprint density at radius 2 is 1.81 bits per heavy atom. The summed E-state index contributed by atoms with van der Waals surface area (Å²) in [7, 11) is 0. The predicted molar refractivity (Wildman–Crippen MR) is 93.0 cm³/mol. The molecule has 0 atom stereocenters. The summed E-state index contributed by atoms with van der Waals surface area (Å²) in [4.78, 5) is 24.6. The molecule has 0 bridgehead atoms. The van der Waals surface area contributed by atoms with Gasteiger partial charge >= 0.3 is 6.61 Å². The van der Waals surface area contributed by atoms with Gasteiger partial charge in [0, 0.05) is 11.8 Å². The highest BCUT2D eigenvalue weighted by Gasteiger charge is 2.15. The fourth-order valence-corrected chi connectivity index (χ4v) is 2.48. The van der Waals surface area contributed by atoms with Crippen LogP contribution < -0.4 is 15.5 Å². The largest absolute Gasteiger partial charge is 0.450 e. The molecular weight excluding hydrogens is 344 g/mol. The monoisotopic (exact) mass is 359 g/mol. The zero-order chi connectivity index (χ0) is 18.8. The molecule has 1 amide bonds. The maximum atomic E-state index is 12.4. The lowest BCUT2D eigenvalue weighted by molar-refractivity contribution is -0.0498. The minimum Gasteiger partial charge on any atom is -0.450 e. The summed E-state index contributed by atoms with van der Waals surface area (Å²) in [6.45, 7) is 0.767. The van der Waals surface area contributed by atoms with Crippen LogP contribution in [-0.2, 0) is 0 Å². The number of hydrogen-bond acceptors (Lipinski definition) is 4. The van der Waals surface area contributed by atoms with Gasteiger partial charge in [-0.2, -0.15) is 8.78 Å². The van der Waals surface area contributed by atoms with E-state index in [0.717, 1.165) is 17.2 Å². The van der Waals surface area contributed by atoms with Crippen LogP contribution in [0, 0.1) is 13.8 Å². The number of benzene rings is 2. The number of amides is 1. The van der Waals surface area contributed by atoms with Gasteiger partial charge in [-0.3, -0.25) is 9.59 Å². The molecule has 0 spiro atoms. The Hall–Kier alpha value is -3.22. The molecule has 26 heavy (non-hydrogen) atoms. The number of carbonyl (C=O) groups is 1. The van der Waals surface area contributed by atoms with Gasteiger partial charge in [0.2, 0.25) is 0 Å². The molecular formula is C19H15F2NO4. The highest BCUT2D eigenvalue weighted by atomic mass is 19.3. The minimum absolute atomic E-state index is 0.0265. The third-order valence-electron chi connectivity index (χ3n) is 3.98. The van der Waals surface area contributed by atoms with Crippen LogP contribution in [0.3, 0.4) is 0 Å². The number of aryl methyl sites for hydroxylation is 2. The topological polar surface area (TPSA) is 68.5 Å². The zero-order valence-corrected chi connectivity index (χ0v) is 14.0. The van der Waals surface area contributed by atoms with Gasteiger partial charge in [0.25, 0.3) is 5.91 Å². The van der Waals surface area contributed by atoms with Gasteiger partial charge in [-0.05, 0) is 55.3 Å². The molecule has 0 aliphatic carbocycles. The zero-order valence-electron chi connectivity index (χ0n) is 14.0. The lowest BCUT2D eigenvalue weighted by atomic mass is 10.1. The molecule has 1 aromatic heterocycles. The first-order valence-electron chi connectivity index (χ1n) is 7.75. The molecule has 0 saturated heterocycles. The summed E-state index contributed by atoms with van der Waals surface area (Å²) in [6, 6.07) is 10.0. The van der Waals surface area contributed by atoms with E-state index in [0.29, 0.717) is 16.7 Å². The third-order valence-corrected chi connectivity index (χ3v) is 3.98. The standard InChI is InChI=1S/C19H15F2NO4/c1-10-3-8-14-15(23)9-16(26-17(14)11(10)2)18(24)22-12-4-6-13(7-5-12)25-19(20)21/h3-9,19H,1-2H3,(H,22,24). The second-order valence-electron chi connectivity index (χ2n) is 5.72. The Balaban J connectivity index is 1.88. The lowest BCUT2D eigenvalue weighted by Crippen LogP contribution is -2.15. The van der Waals surface area contributed by atoms with Gasteiger partial charge in [-0.25, -0.2) is 0 Å². The molecule has 2 aromatic carbocycles. The molecule has 1 heterocycles. The molecule has 0 radical (unpaired) electrons. The molecule has 5 nitrogen and oxygen atoms in total. The molecule has 0 fully saturated rings. The van der Waals surface area contributed by atoms with Gasteiger partial charge in [0.1, 0.15) is 11.3 Å². The summed E-state index contributed by atoms with van der Waals surface area (Å²) in [6.07, 6.45) is 0. The van der Waals surface area contributed by atoms with Crippen LogP contribution in [0.5, 0.6) is 5.75 Å². The molecule has 134 valence electrons. The molecule has 1 N–H and O–H groups in total. The highest BCUT2D eigenvalue weighted by molar-refractivity contribution is 6.03. The van der Waals surface area contributed by atoms with Crippen molar-refractivity contribution in [1.29, 1.82) is 0 Å². The van der Waals surface area contributed by atoms with Crippen molar-refractivity contribution in [3.63, 3.8) is 0 Å². The third kappa shape index (κ3) is 3.56. The molecule has 0 saturated carbocycles. The van der Waals surface area contributed by atoms with Gasteiger partial charge in [-0.1, -0.05) is 6.07 Å². The molecule has 7 heteroatoms. The summed E-state index contributed by atoms with van der Waals surface area (Å²) >= 11 is 0. The highest BCUT2D eigenvalue weighted by Crippen LogP contribution is 2.22. The maximum absolute atomic E-state index is 12.4. The van der Waals surface area contributed by atoms with Gasteiger partial charge in [0.15, 0.2) is 11.2 Å². The normalized spacial score (nSPS) is 11.0. The summed E-state index contributed by atoms with van der Waals surface area (Å²) in [5.74, 6) is -0.780. The van der Waals surface area contributed by atoms with Crippen molar-refractivity contribution in [3.05, 3.63) is 69.6 Å². The van der Waals surface area contributed by atoms with Crippen molar-refractivity contribution in [1.82, 2.24) is 0 Å². The van der Waals surface area contributed by atoms with E-state index >= 15 is 0 Å². The van der Waals surface area contributed by atoms with E-state index < -0.39 is 12.5 Å². The Morgan fingerprint density at radius 1 is 1.12 bits per heavy atom. The SMILES string of the molecule is Cc1ccc2c(=O)cc(C(=O)Nc3ccc(OC(F)F)cc3)oc2c1C. The average molecular weight is 359 g/mol. The van der Waals surface area contributed by atoms with Crippen LogP contribution in [-0.4, -0.2) is 12.5 Å². The second kappa shape index (κ2) is 6.95. The van der Waals surface area contributed by atoms with E-state index in [1.165, 1.54) is 24.3 Å². The smallest absolute Gasteiger partial charge is 0.387 e. The van der Waals surface area contributed by atoms with Gasteiger partial charge in [0.05, 0.1) is 5.39 Å². The fraction of sp³-hybridized carbons (Fsp3) is 0.158. The van der Waals surface area contributed by atoms with Crippen LogP contribution >= 0.6 is 0 Å². The van der Waals surface area contributed by atoms with Gasteiger partial charge in [-0.15, -0.1) is 0 Å². The number of anilines is 1. The van der Waals surface area contributed by atoms with E-state index in [-0.39, 0.29) is 16.9 Å². The fourth-order valence-electron chi connectivity index (χ4n) is 2.48. The number of rotatable bonds is 4. The van der Waals surface area contributed by atoms with Crippen LogP contribution in [0.15, 0.2) is 51.7 Å². The quantitative estimate of drug-likeness (QED) is 0.756. The number of alkyl halides is 2. The molecule has 0 unspecified atom stereocenters. The van der Waals surface area contributed by atoms with Crippen molar-refractivity contribution in [2.75, 3.05) is 5.32 Å². The van der Waals surface area contributed by atoms with E-state index in [1.54, 1.807) is 6.07 Å². The Morgan fingerprint density at radius 3 is 2.46 bits per heavy atom. The van der Waals surface area contributed by atoms with E-state index in [4.69, 9.17) is 4.42 Å². The number of fused-ring (bicyclic) bond motifs is 1. The Bertz CT molecular complexity index is 1030. The Labute approximate surface area is 147 Å². The maximum Gasteiger partial charge on any atom is 0.387 e. The molecule has 3 aromatic rings. The van der Waals surface area contributed by atoms with Crippen LogP contribution in [0.2, 0.25) is 0 Å². The first-order valence-corrected chi connectivity index (χ1v) is 7.75. The average Bonchev–Trinajstić information content (AvgIpc) is 2.59. The van der Waals surface area contributed by atoms with Gasteiger partial charge < -0.3 is 14.5 Å². The van der Waals surface area contributed by atoms with E-state index in [2.05, 4.69) is 10.1 Å². The minimum atomic E-state index is -2.92. The summed E-state index contributed by atoms with van der Waals surface area (Å²) < 4.78 is 34.2. The number of hydrogen-bond donors (Lipinski definition) is 1. The number of halogens is 2. The first kappa shape index (κ1) is 17.6. The van der Waals surface area contributed by atoms with Crippen LogP contribution in [0.25, 0.3) is 11.0 Å². The van der Waals surface area contributed by atoms with Crippen molar-refractivity contribution < 1.29 is 22.7 Å². The lowest BCUT2D eigenvalue weighted by Gasteiger charge is -2.09. The number of nitrogens with one attached hydrogen (secondary N) is 1. The van der Waals surface area contributed by atoms with E-state index in [1.807, 2.05) is 19.9 Å². The molecule has 0 aliphatic rings. The van der Waals surface area contributed by atoms with Crippen molar-refractivity contribution in [2.45, 2.75) is 20.5 Å². The van der Waals surface area contributed by atoms with Crippen LogP contribution in [0.1, 0.15) is 21.7 Å². The van der Waals surface area contributed by atoms with E-state index in [9.17, 15) is 18.4 Å². The summed E-state index contributed by atoms with van der Waals surface area (Å²) in [5.41, 5.74) is 2.11. The number of ether oxygens (including phenoxy) is 1. The molecule has 3 rings (SSSR count). The van der Waals surface area contributed by atoms with Crippen molar-refractivity contribution in [2.24, 2.45) is 0 Å².